The molecule has 0 fully saturated rings. The Balaban J connectivity index is 2.84. The van der Waals surface area contributed by atoms with Crippen molar-refractivity contribution in [1.29, 1.82) is 0 Å². The first-order chi connectivity index (χ1) is 6.11. The molecule has 4 heteroatoms. The van der Waals surface area contributed by atoms with Crippen LogP contribution in [0.3, 0.4) is 0 Å². The fourth-order valence-electron chi connectivity index (χ4n) is 0.870. The normalized spacial score (nSPS) is 11.8. The molecule has 0 radical (unpaired) electrons. The van der Waals surface area contributed by atoms with Crippen molar-refractivity contribution in [2.24, 2.45) is 0 Å². The van der Waals surface area contributed by atoms with Crippen molar-refractivity contribution >= 4 is 17.4 Å². The highest BCUT2D eigenvalue weighted by Gasteiger charge is 2.01. The summed E-state index contributed by atoms with van der Waals surface area (Å²) in [7, 11) is 0. The predicted molar refractivity (Wildman–Crippen MR) is 53.7 cm³/mol. The monoisotopic (exact) mass is 195 g/mol. The molecule has 68 valence electrons. The van der Waals surface area contributed by atoms with Crippen LogP contribution in [0.2, 0.25) is 5.28 Å². The van der Waals surface area contributed by atoms with Crippen LogP contribution in [0.1, 0.15) is 12.6 Å². The number of hydrogen-bond donors (Lipinski definition) is 1. The lowest BCUT2D eigenvalue weighted by atomic mass is 10.3. The molecule has 1 aromatic rings. The maximum atomic E-state index is 5.66. The molecule has 0 aliphatic heterocycles. The van der Waals surface area contributed by atoms with Crippen LogP contribution in [-0.2, 0) is 0 Å². The molecule has 1 heterocycles. The molecule has 0 aromatic carbocycles. The third-order valence-electron chi connectivity index (χ3n) is 1.44. The maximum Gasteiger partial charge on any atom is 0.224 e. The van der Waals surface area contributed by atoms with Gasteiger partial charge in [0, 0.05) is 11.8 Å². The summed E-state index contributed by atoms with van der Waals surface area (Å²) in [4.78, 5) is 7.90. The molecule has 1 unspecified atom stereocenters. The number of anilines is 1. The number of aryl methyl sites for hydroxylation is 1. The fraction of sp³-hybridized carbons (Fsp3) is 0.333. The van der Waals surface area contributed by atoms with Gasteiger partial charge in [-0.05, 0) is 25.4 Å². The Morgan fingerprint density at radius 1 is 1.62 bits per heavy atom. The molecule has 1 atom stereocenters. The van der Waals surface area contributed by atoms with Gasteiger partial charge >= 0.3 is 0 Å². The van der Waals surface area contributed by atoms with Crippen molar-refractivity contribution in [3.05, 3.63) is 17.0 Å². The van der Waals surface area contributed by atoms with Crippen molar-refractivity contribution in [2.75, 3.05) is 5.32 Å². The van der Waals surface area contributed by atoms with Gasteiger partial charge in [-0.2, -0.15) is 0 Å². The van der Waals surface area contributed by atoms with Crippen molar-refractivity contribution in [3.63, 3.8) is 0 Å². The SMILES string of the molecule is C#CC(C)Nc1cc(C)nc(Cl)n1. The van der Waals surface area contributed by atoms with E-state index >= 15 is 0 Å². The van der Waals surface area contributed by atoms with Gasteiger partial charge < -0.3 is 5.32 Å². The molecular formula is C9H10ClN3. The van der Waals surface area contributed by atoms with Crippen LogP contribution in [-0.4, -0.2) is 16.0 Å². The van der Waals surface area contributed by atoms with E-state index in [9.17, 15) is 0 Å². The molecule has 0 saturated heterocycles. The number of nitrogens with one attached hydrogen (secondary N) is 1. The second-order valence-corrected chi connectivity index (χ2v) is 3.03. The number of terminal acetylenes is 1. The number of halogens is 1. The minimum atomic E-state index is -0.0645. The Kier molecular flexibility index (Phi) is 3.10. The molecule has 0 bridgehead atoms. The van der Waals surface area contributed by atoms with E-state index in [4.69, 9.17) is 18.0 Å². The lowest BCUT2D eigenvalue weighted by Gasteiger charge is -2.08. The van der Waals surface area contributed by atoms with Crippen LogP contribution < -0.4 is 5.32 Å². The van der Waals surface area contributed by atoms with Gasteiger partial charge in [0.05, 0.1) is 6.04 Å². The zero-order valence-electron chi connectivity index (χ0n) is 7.50. The summed E-state index contributed by atoms with van der Waals surface area (Å²) in [6, 6.07) is 1.73. The van der Waals surface area contributed by atoms with Gasteiger partial charge in [-0.1, -0.05) is 5.92 Å². The van der Waals surface area contributed by atoms with Crippen LogP contribution in [0.5, 0.6) is 0 Å². The first-order valence-electron chi connectivity index (χ1n) is 3.85. The summed E-state index contributed by atoms with van der Waals surface area (Å²) in [6.45, 7) is 3.71. The zero-order valence-corrected chi connectivity index (χ0v) is 8.26. The minimum Gasteiger partial charge on any atom is -0.357 e. The third-order valence-corrected chi connectivity index (χ3v) is 1.61. The largest absolute Gasteiger partial charge is 0.357 e. The highest BCUT2D eigenvalue weighted by atomic mass is 35.5. The van der Waals surface area contributed by atoms with E-state index < -0.39 is 0 Å². The quantitative estimate of drug-likeness (QED) is 0.579. The molecule has 3 nitrogen and oxygen atoms in total. The molecule has 1 rings (SSSR count). The van der Waals surface area contributed by atoms with E-state index in [-0.39, 0.29) is 11.3 Å². The van der Waals surface area contributed by atoms with Gasteiger partial charge in [-0.25, -0.2) is 9.97 Å². The van der Waals surface area contributed by atoms with Crippen LogP contribution in [0, 0.1) is 19.3 Å². The molecule has 0 saturated carbocycles. The fourth-order valence-corrected chi connectivity index (χ4v) is 1.09. The predicted octanol–water partition coefficient (Wildman–Crippen LogP) is 1.87. The van der Waals surface area contributed by atoms with E-state index in [0.717, 1.165) is 5.69 Å². The van der Waals surface area contributed by atoms with Gasteiger partial charge in [0.25, 0.3) is 0 Å². The Bertz CT molecular complexity index is 323. The van der Waals surface area contributed by atoms with E-state index in [1.165, 1.54) is 0 Å². The van der Waals surface area contributed by atoms with Crippen LogP contribution in [0.25, 0.3) is 0 Å². The lowest BCUT2D eigenvalue weighted by Crippen LogP contribution is -2.13. The second kappa shape index (κ2) is 4.11. The molecule has 1 N–H and O–H groups in total. The summed E-state index contributed by atoms with van der Waals surface area (Å²) < 4.78 is 0. The number of hydrogen-bond acceptors (Lipinski definition) is 3. The Labute approximate surface area is 82.5 Å². The molecule has 0 aliphatic rings. The first kappa shape index (κ1) is 9.82. The van der Waals surface area contributed by atoms with Gasteiger partial charge in [0.15, 0.2) is 0 Å². The van der Waals surface area contributed by atoms with E-state index in [1.807, 2.05) is 13.8 Å². The standard InChI is InChI=1S/C9H10ClN3/c1-4-6(2)11-8-5-7(3)12-9(10)13-8/h1,5-6H,2-3H3,(H,11,12,13). The third kappa shape index (κ3) is 2.92. The van der Waals surface area contributed by atoms with E-state index in [0.29, 0.717) is 5.82 Å². The summed E-state index contributed by atoms with van der Waals surface area (Å²) in [5, 5.41) is 3.23. The topological polar surface area (TPSA) is 37.8 Å². The molecule has 0 spiro atoms. The maximum absolute atomic E-state index is 5.66. The van der Waals surface area contributed by atoms with Gasteiger partial charge in [-0.15, -0.1) is 6.42 Å². The van der Waals surface area contributed by atoms with Crippen LogP contribution in [0.15, 0.2) is 6.07 Å². The van der Waals surface area contributed by atoms with Crippen molar-refractivity contribution < 1.29 is 0 Å². The molecule has 13 heavy (non-hydrogen) atoms. The summed E-state index contributed by atoms with van der Waals surface area (Å²) in [5.74, 6) is 3.19. The Morgan fingerprint density at radius 2 is 2.31 bits per heavy atom. The second-order valence-electron chi connectivity index (χ2n) is 2.70. The van der Waals surface area contributed by atoms with Gasteiger partial charge in [0.2, 0.25) is 5.28 Å². The van der Waals surface area contributed by atoms with Crippen LogP contribution >= 0.6 is 11.6 Å². The van der Waals surface area contributed by atoms with Gasteiger partial charge in [0.1, 0.15) is 5.82 Å². The van der Waals surface area contributed by atoms with E-state index in [1.54, 1.807) is 6.07 Å². The van der Waals surface area contributed by atoms with E-state index in [2.05, 4.69) is 21.2 Å². The average Bonchev–Trinajstić information content (AvgIpc) is 2.02. The Hall–Kier alpha value is -1.27. The summed E-state index contributed by atoms with van der Waals surface area (Å²) in [6.07, 6.45) is 5.21. The highest BCUT2D eigenvalue weighted by molar-refractivity contribution is 6.28. The molecule has 0 amide bonds. The van der Waals surface area contributed by atoms with Crippen molar-refractivity contribution in [2.45, 2.75) is 19.9 Å². The van der Waals surface area contributed by atoms with Crippen molar-refractivity contribution in [3.8, 4) is 12.3 Å². The highest BCUT2D eigenvalue weighted by Crippen LogP contribution is 2.10. The van der Waals surface area contributed by atoms with Gasteiger partial charge in [-0.3, -0.25) is 0 Å². The summed E-state index contributed by atoms with van der Waals surface area (Å²) in [5.41, 5.74) is 0.812. The molecule has 0 aliphatic carbocycles. The molecule has 1 aromatic heterocycles. The first-order valence-corrected chi connectivity index (χ1v) is 4.23. The molecular weight excluding hydrogens is 186 g/mol. The average molecular weight is 196 g/mol. The summed E-state index contributed by atoms with van der Waals surface area (Å²) >= 11 is 5.66. The number of rotatable bonds is 2. The number of aromatic nitrogens is 2. The smallest absolute Gasteiger partial charge is 0.224 e. The lowest BCUT2D eigenvalue weighted by molar-refractivity contribution is 0.994. The minimum absolute atomic E-state index is 0.0645. The Morgan fingerprint density at radius 3 is 2.85 bits per heavy atom. The number of nitrogens with zero attached hydrogens (tertiary/aromatic N) is 2. The van der Waals surface area contributed by atoms with Crippen LogP contribution in [0.4, 0.5) is 5.82 Å². The zero-order chi connectivity index (χ0) is 9.84. The van der Waals surface area contributed by atoms with Crippen molar-refractivity contribution in [1.82, 2.24) is 9.97 Å².